The van der Waals surface area contributed by atoms with Crippen LogP contribution < -0.4 is 10.2 Å². The minimum atomic E-state index is -0.112. The Morgan fingerprint density at radius 1 is 0.951 bits per heavy atom. The smallest absolute Gasteiger partial charge is 0.321 e. The van der Waals surface area contributed by atoms with E-state index in [-0.39, 0.29) is 6.03 Å². The van der Waals surface area contributed by atoms with Crippen LogP contribution in [0.3, 0.4) is 0 Å². The van der Waals surface area contributed by atoms with Gasteiger partial charge in [0.05, 0.1) is 11.2 Å². The van der Waals surface area contributed by atoms with Crippen molar-refractivity contribution in [1.29, 1.82) is 0 Å². The van der Waals surface area contributed by atoms with E-state index in [0.717, 1.165) is 83.3 Å². The van der Waals surface area contributed by atoms with Crippen LogP contribution in [-0.4, -0.2) is 49.8 Å². The second-order valence-corrected chi connectivity index (χ2v) is 10.3. The zero-order chi connectivity index (χ0) is 28.6. The summed E-state index contributed by atoms with van der Waals surface area (Å²) in [5.74, 6) is 1.58. The Morgan fingerprint density at radius 2 is 1.78 bits per heavy atom. The van der Waals surface area contributed by atoms with Crippen molar-refractivity contribution in [2.24, 2.45) is 0 Å². The van der Waals surface area contributed by atoms with E-state index in [2.05, 4.69) is 80.8 Å². The highest BCUT2D eigenvalue weighted by Crippen LogP contribution is 2.33. The predicted octanol–water partition coefficient (Wildman–Crippen LogP) is 6.61. The van der Waals surface area contributed by atoms with E-state index in [9.17, 15) is 4.79 Å². The number of hydrogen-bond donors (Lipinski definition) is 2. The summed E-state index contributed by atoms with van der Waals surface area (Å²) in [5.41, 5.74) is 6.90. The van der Waals surface area contributed by atoms with Crippen molar-refractivity contribution in [3.63, 3.8) is 0 Å². The number of benzene rings is 3. The van der Waals surface area contributed by atoms with Crippen molar-refractivity contribution in [3.8, 4) is 22.5 Å². The van der Waals surface area contributed by atoms with Gasteiger partial charge in [0.15, 0.2) is 0 Å². The number of aryl methyl sites for hydroxylation is 1. The van der Waals surface area contributed by atoms with Crippen LogP contribution in [0.25, 0.3) is 33.5 Å². The number of aromatic nitrogens is 6. The monoisotopic (exact) mass is 550 g/mol. The fourth-order valence-corrected chi connectivity index (χ4v) is 5.29. The number of aromatic amines is 1. The highest BCUT2D eigenvalue weighted by molar-refractivity contribution is 6.00. The van der Waals surface area contributed by atoms with Gasteiger partial charge in [0, 0.05) is 32.1 Å². The number of hydrogen-bond acceptors (Lipinski definition) is 5. The number of anilines is 1. The fraction of sp³-hybridized carbons (Fsp3) is 0.344. The van der Waals surface area contributed by atoms with E-state index in [1.54, 1.807) is 7.05 Å². The van der Waals surface area contributed by atoms with E-state index in [4.69, 9.17) is 4.98 Å². The standard InChI is InChI=1S/C32H38N8O/c1-4-6-11-20-39(32(41)33-3)27-15-12-16-28-30(27)34-29(17-7-5-2)40(28)22-23-18-19-25(24-13-9-8-10-14-24)26(21-23)31-35-37-38-36-31/h8-10,12-16,18-19,21H,4-7,11,17,20,22H2,1-3H3,(H,33,41)(H,35,36,37,38). The number of rotatable bonds is 12. The first-order chi connectivity index (χ1) is 20.1. The van der Waals surface area contributed by atoms with Crippen LogP contribution in [-0.2, 0) is 13.0 Å². The molecule has 5 aromatic rings. The molecule has 41 heavy (non-hydrogen) atoms. The Kier molecular flexibility index (Phi) is 9.03. The Morgan fingerprint density at radius 3 is 2.51 bits per heavy atom. The van der Waals surface area contributed by atoms with Crippen LogP contribution in [0.2, 0.25) is 0 Å². The molecule has 9 heteroatoms. The third-order valence-electron chi connectivity index (χ3n) is 7.42. The normalized spacial score (nSPS) is 11.2. The number of nitrogens with one attached hydrogen (secondary N) is 2. The highest BCUT2D eigenvalue weighted by atomic mass is 16.2. The Bertz CT molecular complexity index is 1580. The first-order valence-corrected chi connectivity index (χ1v) is 14.5. The van der Waals surface area contributed by atoms with Gasteiger partial charge in [-0.1, -0.05) is 81.6 Å². The highest BCUT2D eigenvalue weighted by Gasteiger charge is 2.21. The zero-order valence-corrected chi connectivity index (χ0v) is 24.1. The number of urea groups is 1. The molecule has 0 unspecified atom stereocenters. The molecule has 0 aliphatic carbocycles. The van der Waals surface area contributed by atoms with Gasteiger partial charge in [-0.05, 0) is 52.9 Å². The van der Waals surface area contributed by atoms with Gasteiger partial charge in [-0.3, -0.25) is 4.90 Å². The minimum absolute atomic E-state index is 0.112. The molecule has 2 aromatic heterocycles. The molecule has 0 saturated heterocycles. The molecule has 9 nitrogen and oxygen atoms in total. The summed E-state index contributed by atoms with van der Waals surface area (Å²) in [6, 6.07) is 22.7. The molecule has 0 aliphatic rings. The first-order valence-electron chi connectivity index (χ1n) is 14.5. The van der Waals surface area contributed by atoms with Crippen molar-refractivity contribution >= 4 is 22.8 Å². The number of unbranched alkanes of at least 4 members (excludes halogenated alkanes) is 3. The average Bonchev–Trinajstić information content (AvgIpc) is 3.67. The average molecular weight is 551 g/mol. The molecule has 0 fully saturated rings. The van der Waals surface area contributed by atoms with Gasteiger partial charge >= 0.3 is 6.03 Å². The van der Waals surface area contributed by atoms with Gasteiger partial charge in [0.1, 0.15) is 11.3 Å². The summed E-state index contributed by atoms with van der Waals surface area (Å²) in [7, 11) is 1.68. The molecule has 2 N–H and O–H groups in total. The SMILES string of the molecule is CCCCCN(C(=O)NC)c1cccc2c1nc(CCCC)n2Cc1ccc(-c2ccccc2)c(-c2nn[nH]n2)c1. The van der Waals surface area contributed by atoms with Gasteiger partial charge in [-0.15, -0.1) is 10.2 Å². The summed E-state index contributed by atoms with van der Waals surface area (Å²) in [6.07, 6.45) is 6.08. The van der Waals surface area contributed by atoms with Crippen LogP contribution >= 0.6 is 0 Å². The van der Waals surface area contributed by atoms with Gasteiger partial charge in [0.25, 0.3) is 0 Å². The van der Waals surface area contributed by atoms with Crippen LogP contribution in [0, 0.1) is 0 Å². The first kappa shape index (κ1) is 28.0. The lowest BCUT2D eigenvalue weighted by Gasteiger charge is -2.22. The molecule has 3 aromatic carbocycles. The molecule has 0 spiro atoms. The van der Waals surface area contributed by atoms with Crippen LogP contribution in [0.5, 0.6) is 0 Å². The second-order valence-electron chi connectivity index (χ2n) is 10.3. The number of carbonyl (C=O) groups is 1. The number of H-pyrrole nitrogens is 1. The van der Waals surface area contributed by atoms with Gasteiger partial charge in [-0.2, -0.15) is 5.21 Å². The molecule has 5 rings (SSSR count). The minimum Gasteiger partial charge on any atom is -0.341 e. The van der Waals surface area contributed by atoms with E-state index < -0.39 is 0 Å². The molecule has 0 atom stereocenters. The van der Waals surface area contributed by atoms with Crippen LogP contribution in [0.1, 0.15) is 57.3 Å². The van der Waals surface area contributed by atoms with Crippen molar-refractivity contribution in [3.05, 3.63) is 78.1 Å². The van der Waals surface area contributed by atoms with E-state index >= 15 is 0 Å². The number of tetrazole rings is 1. The third kappa shape index (κ3) is 6.14. The molecule has 212 valence electrons. The van der Waals surface area contributed by atoms with Crippen molar-refractivity contribution in [2.45, 2.75) is 58.9 Å². The van der Waals surface area contributed by atoms with E-state index in [0.29, 0.717) is 18.9 Å². The van der Waals surface area contributed by atoms with E-state index in [1.165, 1.54) is 0 Å². The van der Waals surface area contributed by atoms with Crippen molar-refractivity contribution < 1.29 is 4.79 Å². The van der Waals surface area contributed by atoms with Crippen molar-refractivity contribution in [2.75, 3.05) is 18.5 Å². The van der Waals surface area contributed by atoms with Gasteiger partial charge < -0.3 is 9.88 Å². The number of para-hydroxylation sites is 1. The summed E-state index contributed by atoms with van der Waals surface area (Å²) in [6.45, 7) is 5.65. The van der Waals surface area contributed by atoms with Crippen LogP contribution in [0.4, 0.5) is 10.5 Å². The van der Waals surface area contributed by atoms with Gasteiger partial charge in [0.2, 0.25) is 5.82 Å². The fourth-order valence-electron chi connectivity index (χ4n) is 5.29. The number of nitrogens with zero attached hydrogens (tertiary/aromatic N) is 6. The topological polar surface area (TPSA) is 105 Å². The summed E-state index contributed by atoms with van der Waals surface area (Å²) in [4.78, 5) is 20.0. The Hall–Kier alpha value is -4.53. The molecular weight excluding hydrogens is 512 g/mol. The summed E-state index contributed by atoms with van der Waals surface area (Å²) >= 11 is 0. The molecule has 2 amide bonds. The molecule has 0 radical (unpaired) electrons. The Balaban J connectivity index is 1.59. The number of carbonyl (C=O) groups excluding carboxylic acids is 1. The maximum atomic E-state index is 13.0. The maximum Gasteiger partial charge on any atom is 0.321 e. The maximum absolute atomic E-state index is 13.0. The largest absolute Gasteiger partial charge is 0.341 e. The van der Waals surface area contributed by atoms with Crippen molar-refractivity contribution in [1.82, 2.24) is 35.5 Å². The lowest BCUT2D eigenvalue weighted by Crippen LogP contribution is -2.39. The number of amides is 2. The Labute approximate surface area is 241 Å². The second kappa shape index (κ2) is 13.2. The molecule has 0 saturated carbocycles. The van der Waals surface area contributed by atoms with E-state index in [1.807, 2.05) is 35.2 Å². The molecule has 0 aliphatic heterocycles. The lowest BCUT2D eigenvalue weighted by molar-refractivity contribution is 0.248. The third-order valence-corrected chi connectivity index (χ3v) is 7.42. The summed E-state index contributed by atoms with van der Waals surface area (Å²) in [5, 5.41) is 17.8. The predicted molar refractivity (Wildman–Crippen MR) is 164 cm³/mol. The zero-order valence-electron chi connectivity index (χ0n) is 24.1. The van der Waals surface area contributed by atoms with Gasteiger partial charge in [-0.25, -0.2) is 9.78 Å². The number of imidazole rings is 1. The quantitative estimate of drug-likeness (QED) is 0.170. The van der Waals surface area contributed by atoms with Crippen LogP contribution in [0.15, 0.2) is 66.7 Å². The number of fused-ring (bicyclic) bond motifs is 1. The summed E-state index contributed by atoms with van der Waals surface area (Å²) < 4.78 is 2.29. The molecular formula is C32H38N8O. The molecule has 0 bridgehead atoms. The molecule has 2 heterocycles. The lowest BCUT2D eigenvalue weighted by atomic mass is 9.97.